The van der Waals surface area contributed by atoms with E-state index in [2.05, 4.69) is 26.6 Å². The van der Waals surface area contributed by atoms with E-state index < -0.39 is 0 Å². The van der Waals surface area contributed by atoms with Gasteiger partial charge in [-0.15, -0.1) is 10.2 Å². The number of nitrogens with one attached hydrogen (secondary N) is 1. The van der Waals surface area contributed by atoms with Gasteiger partial charge in [0.1, 0.15) is 5.82 Å². The highest BCUT2D eigenvalue weighted by atomic mass is 16.2. The lowest BCUT2D eigenvalue weighted by Crippen LogP contribution is -2.36. The molecule has 0 aliphatic rings. The molecular formula is C22H25N5O. The van der Waals surface area contributed by atoms with Crippen LogP contribution in [0.15, 0.2) is 54.7 Å². The van der Waals surface area contributed by atoms with Crippen molar-refractivity contribution in [2.24, 2.45) is 0 Å². The molecule has 2 heterocycles. The number of rotatable bonds is 6. The summed E-state index contributed by atoms with van der Waals surface area (Å²) < 4.78 is 0. The summed E-state index contributed by atoms with van der Waals surface area (Å²) in [4.78, 5) is 19.0. The fourth-order valence-electron chi connectivity index (χ4n) is 2.96. The Balaban J connectivity index is 1.69. The van der Waals surface area contributed by atoms with Crippen molar-refractivity contribution in [3.8, 4) is 11.3 Å². The van der Waals surface area contributed by atoms with Crippen molar-refractivity contribution < 1.29 is 4.79 Å². The number of pyridine rings is 1. The van der Waals surface area contributed by atoms with Gasteiger partial charge in [-0.3, -0.25) is 9.78 Å². The topological polar surface area (TPSA) is 71.0 Å². The number of likely N-dealkylation sites (N-methyl/N-ethyl adjacent to an activating group) is 1. The third kappa shape index (κ3) is 4.52. The predicted octanol–water partition coefficient (Wildman–Crippen LogP) is 3.59. The third-order valence-corrected chi connectivity index (χ3v) is 4.81. The number of amides is 1. The number of hydrogen-bond donors (Lipinski definition) is 1. The maximum atomic E-state index is 12.8. The van der Waals surface area contributed by atoms with E-state index in [-0.39, 0.29) is 11.9 Å². The van der Waals surface area contributed by atoms with Gasteiger partial charge in [0.05, 0.1) is 5.69 Å². The molecule has 1 N–H and O–H groups in total. The SMILES string of the molecule is CNc1ccc(-c2ccc(C(=O)N(C)[C@@H](C)Cc3cc(C)ccn3)cc2)nn1. The zero-order valence-electron chi connectivity index (χ0n) is 16.7. The lowest BCUT2D eigenvalue weighted by atomic mass is 10.1. The molecule has 0 unspecified atom stereocenters. The van der Waals surface area contributed by atoms with Gasteiger partial charge in [0, 0.05) is 49.6 Å². The van der Waals surface area contributed by atoms with Crippen LogP contribution in [0.5, 0.6) is 0 Å². The summed E-state index contributed by atoms with van der Waals surface area (Å²) >= 11 is 0. The van der Waals surface area contributed by atoms with Gasteiger partial charge < -0.3 is 10.2 Å². The van der Waals surface area contributed by atoms with E-state index in [4.69, 9.17) is 0 Å². The number of aromatic nitrogens is 3. The molecule has 2 aromatic heterocycles. The number of aryl methyl sites for hydroxylation is 1. The van der Waals surface area contributed by atoms with E-state index >= 15 is 0 Å². The van der Waals surface area contributed by atoms with Crippen LogP contribution in [0, 0.1) is 6.92 Å². The second-order valence-corrected chi connectivity index (χ2v) is 6.92. The second kappa shape index (κ2) is 8.61. The van der Waals surface area contributed by atoms with E-state index in [9.17, 15) is 4.79 Å². The molecule has 6 heteroatoms. The Morgan fingerprint density at radius 3 is 2.46 bits per heavy atom. The van der Waals surface area contributed by atoms with Gasteiger partial charge in [-0.25, -0.2) is 0 Å². The Bertz CT molecular complexity index is 938. The van der Waals surface area contributed by atoms with Gasteiger partial charge in [0.25, 0.3) is 5.91 Å². The quantitative estimate of drug-likeness (QED) is 0.713. The van der Waals surface area contributed by atoms with Crippen LogP contribution in [0.1, 0.15) is 28.5 Å². The van der Waals surface area contributed by atoms with Crippen molar-refractivity contribution in [1.29, 1.82) is 0 Å². The molecule has 28 heavy (non-hydrogen) atoms. The lowest BCUT2D eigenvalue weighted by Gasteiger charge is -2.25. The van der Waals surface area contributed by atoms with E-state index in [0.717, 1.165) is 23.4 Å². The van der Waals surface area contributed by atoms with E-state index in [1.54, 1.807) is 11.9 Å². The number of anilines is 1. The summed E-state index contributed by atoms with van der Waals surface area (Å²) in [6.45, 7) is 4.08. The first-order valence-electron chi connectivity index (χ1n) is 9.28. The molecule has 0 bridgehead atoms. The van der Waals surface area contributed by atoms with Gasteiger partial charge in [-0.05, 0) is 55.8 Å². The molecule has 1 amide bonds. The first kappa shape index (κ1) is 19.5. The van der Waals surface area contributed by atoms with Crippen molar-refractivity contribution in [2.75, 3.05) is 19.4 Å². The fraction of sp³-hybridized carbons (Fsp3) is 0.273. The largest absolute Gasteiger partial charge is 0.372 e. The summed E-state index contributed by atoms with van der Waals surface area (Å²) in [5.41, 5.74) is 4.51. The van der Waals surface area contributed by atoms with Crippen LogP contribution in [0.4, 0.5) is 5.82 Å². The van der Waals surface area contributed by atoms with Crippen LogP contribution in [-0.4, -0.2) is 46.1 Å². The van der Waals surface area contributed by atoms with Crippen molar-refractivity contribution in [3.63, 3.8) is 0 Å². The van der Waals surface area contributed by atoms with Crippen molar-refractivity contribution in [3.05, 3.63) is 71.5 Å². The zero-order chi connectivity index (χ0) is 20.1. The molecule has 0 radical (unpaired) electrons. The standard InChI is InChI=1S/C22H25N5O/c1-15-11-12-24-19(13-15)14-16(2)27(4)22(28)18-7-5-17(6-8-18)20-9-10-21(23-3)26-25-20/h5-13,16H,14H2,1-4H3,(H,23,26)/t16-/m0/s1. The molecule has 0 aliphatic heterocycles. The van der Waals surface area contributed by atoms with Gasteiger partial charge in [-0.2, -0.15) is 0 Å². The van der Waals surface area contributed by atoms with Gasteiger partial charge in [0.15, 0.2) is 0 Å². The van der Waals surface area contributed by atoms with Crippen LogP contribution >= 0.6 is 0 Å². The summed E-state index contributed by atoms with van der Waals surface area (Å²) in [5, 5.41) is 11.2. The molecule has 1 atom stereocenters. The molecular weight excluding hydrogens is 350 g/mol. The smallest absolute Gasteiger partial charge is 0.253 e. The van der Waals surface area contributed by atoms with Crippen LogP contribution in [0.25, 0.3) is 11.3 Å². The molecule has 3 aromatic rings. The maximum Gasteiger partial charge on any atom is 0.253 e. The Morgan fingerprint density at radius 2 is 1.86 bits per heavy atom. The first-order chi connectivity index (χ1) is 13.5. The maximum absolute atomic E-state index is 12.8. The van der Waals surface area contributed by atoms with Crippen molar-refractivity contribution in [2.45, 2.75) is 26.3 Å². The minimum absolute atomic E-state index is 0.0108. The average molecular weight is 375 g/mol. The van der Waals surface area contributed by atoms with E-state index in [0.29, 0.717) is 11.4 Å². The van der Waals surface area contributed by atoms with Crippen LogP contribution in [0.3, 0.4) is 0 Å². The van der Waals surface area contributed by atoms with Gasteiger partial charge in [-0.1, -0.05) is 12.1 Å². The Kier molecular flexibility index (Phi) is 5.99. The number of hydrogen-bond acceptors (Lipinski definition) is 5. The molecule has 1 aromatic carbocycles. The number of nitrogens with zero attached hydrogens (tertiary/aromatic N) is 4. The average Bonchev–Trinajstić information content (AvgIpc) is 2.73. The van der Waals surface area contributed by atoms with Crippen molar-refractivity contribution >= 4 is 11.7 Å². The second-order valence-electron chi connectivity index (χ2n) is 6.92. The van der Waals surface area contributed by atoms with Gasteiger partial charge in [0.2, 0.25) is 0 Å². The normalized spacial score (nSPS) is 11.7. The zero-order valence-corrected chi connectivity index (χ0v) is 16.7. The number of carbonyl (C=O) groups excluding carboxylic acids is 1. The van der Waals surface area contributed by atoms with Crippen LogP contribution < -0.4 is 5.32 Å². The molecule has 3 rings (SSSR count). The lowest BCUT2D eigenvalue weighted by molar-refractivity contribution is 0.0743. The summed E-state index contributed by atoms with van der Waals surface area (Å²) in [7, 11) is 3.63. The molecule has 6 nitrogen and oxygen atoms in total. The summed E-state index contributed by atoms with van der Waals surface area (Å²) in [6.07, 6.45) is 2.53. The molecule has 0 fully saturated rings. The van der Waals surface area contributed by atoms with Crippen LogP contribution in [-0.2, 0) is 6.42 Å². The minimum atomic E-state index is -0.0108. The minimum Gasteiger partial charge on any atom is -0.372 e. The van der Waals surface area contributed by atoms with E-state index in [1.807, 2.05) is 69.6 Å². The Morgan fingerprint density at radius 1 is 1.11 bits per heavy atom. The third-order valence-electron chi connectivity index (χ3n) is 4.81. The highest BCUT2D eigenvalue weighted by Gasteiger charge is 2.18. The van der Waals surface area contributed by atoms with Crippen LogP contribution in [0.2, 0.25) is 0 Å². The Hall–Kier alpha value is -3.28. The highest BCUT2D eigenvalue weighted by Crippen LogP contribution is 2.19. The van der Waals surface area contributed by atoms with Gasteiger partial charge >= 0.3 is 0 Å². The summed E-state index contributed by atoms with van der Waals surface area (Å²) in [5.74, 6) is 0.706. The monoisotopic (exact) mass is 375 g/mol. The van der Waals surface area contributed by atoms with Crippen molar-refractivity contribution in [1.82, 2.24) is 20.1 Å². The molecule has 0 saturated carbocycles. The molecule has 144 valence electrons. The summed E-state index contributed by atoms with van der Waals surface area (Å²) in [6, 6.07) is 15.3. The highest BCUT2D eigenvalue weighted by molar-refractivity contribution is 5.94. The molecule has 0 aliphatic carbocycles. The van der Waals surface area contributed by atoms with E-state index in [1.165, 1.54) is 5.56 Å². The first-order valence-corrected chi connectivity index (χ1v) is 9.28. The Labute approximate surface area is 165 Å². The fourth-order valence-corrected chi connectivity index (χ4v) is 2.96. The predicted molar refractivity (Wildman–Crippen MR) is 111 cm³/mol. The molecule has 0 spiro atoms. The molecule has 0 saturated heterocycles. The number of benzene rings is 1. The number of carbonyl (C=O) groups is 1.